The van der Waals surface area contributed by atoms with Crippen molar-refractivity contribution >= 4 is 22.6 Å². The van der Waals surface area contributed by atoms with Crippen molar-refractivity contribution in [1.29, 1.82) is 0 Å². The molecule has 5 nitrogen and oxygen atoms in total. The minimum atomic E-state index is 0.228. The van der Waals surface area contributed by atoms with Gasteiger partial charge in [0.1, 0.15) is 11.9 Å². The average Bonchev–Trinajstić information content (AvgIpc) is 3.24. The number of aromatic nitrogens is 4. The lowest BCUT2D eigenvalue weighted by Gasteiger charge is -2.27. The normalized spacial score (nSPS) is 18.9. The second-order valence-corrected chi connectivity index (χ2v) is 8.63. The summed E-state index contributed by atoms with van der Waals surface area (Å²) in [4.78, 5) is 16.8. The Morgan fingerprint density at radius 3 is 2.48 bits per heavy atom. The van der Waals surface area contributed by atoms with E-state index in [-0.39, 0.29) is 6.10 Å². The van der Waals surface area contributed by atoms with Gasteiger partial charge in [0.25, 0.3) is 0 Å². The number of rotatable bonds is 5. The number of halogens is 1. The third-order valence-electron chi connectivity index (χ3n) is 6.22. The molecule has 1 N–H and O–H groups in total. The molecule has 0 unspecified atom stereocenters. The number of H-pyrrole nitrogens is 1. The van der Waals surface area contributed by atoms with Crippen molar-refractivity contribution in [3.05, 3.63) is 59.9 Å². The van der Waals surface area contributed by atoms with E-state index in [0.29, 0.717) is 11.0 Å². The number of nitrogens with one attached hydrogen (secondary N) is 1. The smallest absolute Gasteiger partial charge is 0.316 e. The summed E-state index contributed by atoms with van der Waals surface area (Å²) in [5.41, 5.74) is 4.64. The van der Waals surface area contributed by atoms with Crippen molar-refractivity contribution in [1.82, 2.24) is 19.9 Å². The summed E-state index contributed by atoms with van der Waals surface area (Å²) in [6.45, 7) is 2.27. The van der Waals surface area contributed by atoms with Crippen LogP contribution in [0, 0.1) is 5.92 Å². The third-order valence-corrected chi connectivity index (χ3v) is 6.53. The second kappa shape index (κ2) is 8.67. The zero-order valence-corrected chi connectivity index (χ0v) is 18.3. The van der Waals surface area contributed by atoms with Crippen molar-refractivity contribution in [2.45, 2.75) is 45.1 Å². The molecular formula is C25H25ClN4O. The summed E-state index contributed by atoms with van der Waals surface area (Å²) >= 11 is 6.60. The maximum Gasteiger partial charge on any atom is 0.316 e. The number of imidazole rings is 1. The van der Waals surface area contributed by atoms with Crippen LogP contribution >= 0.6 is 11.6 Å². The van der Waals surface area contributed by atoms with E-state index < -0.39 is 0 Å². The van der Waals surface area contributed by atoms with E-state index >= 15 is 0 Å². The molecule has 1 saturated carbocycles. The number of hydrogen-bond acceptors (Lipinski definition) is 4. The molecule has 2 aromatic carbocycles. The lowest BCUT2D eigenvalue weighted by Crippen LogP contribution is -2.24. The van der Waals surface area contributed by atoms with Crippen LogP contribution < -0.4 is 4.74 Å². The van der Waals surface area contributed by atoms with Gasteiger partial charge in [0.05, 0.1) is 16.1 Å². The van der Waals surface area contributed by atoms with Gasteiger partial charge in [0.15, 0.2) is 0 Å². The van der Waals surface area contributed by atoms with Crippen LogP contribution in [0.3, 0.4) is 0 Å². The fourth-order valence-corrected chi connectivity index (χ4v) is 4.57. The number of benzene rings is 2. The van der Waals surface area contributed by atoms with Crippen molar-refractivity contribution in [2.75, 3.05) is 0 Å². The Kier molecular flexibility index (Phi) is 5.60. The van der Waals surface area contributed by atoms with Crippen LogP contribution in [0.2, 0.25) is 5.02 Å². The molecular weight excluding hydrogens is 408 g/mol. The summed E-state index contributed by atoms with van der Waals surface area (Å²) in [5.74, 6) is 1.60. The first-order chi connectivity index (χ1) is 15.2. The highest BCUT2D eigenvalue weighted by atomic mass is 35.5. The predicted molar refractivity (Wildman–Crippen MR) is 124 cm³/mol. The van der Waals surface area contributed by atoms with Crippen LogP contribution in [0.1, 0.15) is 39.0 Å². The number of hydrogen-bond donors (Lipinski definition) is 1. The van der Waals surface area contributed by atoms with Gasteiger partial charge in [-0.2, -0.15) is 0 Å². The maximum absolute atomic E-state index is 6.60. The maximum atomic E-state index is 6.60. The Bertz CT molecular complexity index is 1150. The number of aromatic amines is 1. The van der Waals surface area contributed by atoms with Gasteiger partial charge in [-0.05, 0) is 61.4 Å². The molecule has 0 spiro atoms. The molecule has 6 heteroatoms. The van der Waals surface area contributed by atoms with Gasteiger partial charge in [-0.25, -0.2) is 15.0 Å². The van der Waals surface area contributed by atoms with E-state index in [2.05, 4.69) is 26.9 Å². The van der Waals surface area contributed by atoms with Crippen LogP contribution in [0.4, 0.5) is 0 Å². The first-order valence-corrected chi connectivity index (χ1v) is 11.3. The van der Waals surface area contributed by atoms with Gasteiger partial charge in [-0.15, -0.1) is 0 Å². The molecule has 0 amide bonds. The van der Waals surface area contributed by atoms with E-state index in [1.54, 1.807) is 12.4 Å². The number of fused-ring (bicyclic) bond motifs is 1. The van der Waals surface area contributed by atoms with E-state index in [9.17, 15) is 0 Å². The summed E-state index contributed by atoms with van der Waals surface area (Å²) in [6, 6.07) is 14.3. The predicted octanol–water partition coefficient (Wildman–Crippen LogP) is 6.69. The molecule has 0 radical (unpaired) electrons. The van der Waals surface area contributed by atoms with Crippen LogP contribution in [0.5, 0.6) is 6.01 Å². The largest absolute Gasteiger partial charge is 0.460 e. The fraction of sp³-hybridized carbons (Fsp3) is 0.320. The Hall–Kier alpha value is -2.92. The van der Waals surface area contributed by atoms with Gasteiger partial charge >= 0.3 is 6.01 Å². The van der Waals surface area contributed by atoms with E-state index in [4.69, 9.17) is 16.3 Å². The highest BCUT2D eigenvalue weighted by Gasteiger charge is 2.22. The van der Waals surface area contributed by atoms with Crippen molar-refractivity contribution < 1.29 is 4.74 Å². The number of para-hydroxylation sites is 2. The fourth-order valence-electron chi connectivity index (χ4n) is 4.30. The standard InChI is InChI=1S/C25H25ClN4O/c1-2-16-7-10-19(11-8-16)31-25-27-14-18(15-28-25)17-9-12-20(21(26)13-17)24-29-22-5-3-4-6-23(22)30-24/h3-6,9,12-16,19H,2,7-8,10-11H2,1H3,(H,29,30). The van der Waals surface area contributed by atoms with Gasteiger partial charge in [-0.1, -0.05) is 43.1 Å². The minimum Gasteiger partial charge on any atom is -0.460 e. The third kappa shape index (κ3) is 4.28. The molecule has 31 heavy (non-hydrogen) atoms. The van der Waals surface area contributed by atoms with E-state index in [1.807, 2.05) is 42.5 Å². The molecule has 2 heterocycles. The van der Waals surface area contributed by atoms with Crippen LogP contribution in [0.15, 0.2) is 54.9 Å². The van der Waals surface area contributed by atoms with E-state index in [0.717, 1.165) is 52.3 Å². The molecule has 0 bridgehead atoms. The summed E-state index contributed by atoms with van der Waals surface area (Å²) in [6.07, 6.45) is 9.72. The molecule has 1 aliphatic carbocycles. The molecule has 158 valence electrons. The highest BCUT2D eigenvalue weighted by Crippen LogP contribution is 2.32. The molecule has 5 rings (SSSR count). The lowest BCUT2D eigenvalue weighted by molar-refractivity contribution is 0.119. The number of ether oxygens (including phenoxy) is 1. The summed E-state index contributed by atoms with van der Waals surface area (Å²) in [5, 5.41) is 0.629. The van der Waals surface area contributed by atoms with Crippen LogP contribution in [-0.2, 0) is 0 Å². The second-order valence-electron chi connectivity index (χ2n) is 8.22. The molecule has 0 saturated heterocycles. The Labute approximate surface area is 186 Å². The molecule has 2 aromatic heterocycles. The van der Waals surface area contributed by atoms with Gasteiger partial charge in [0.2, 0.25) is 0 Å². The van der Waals surface area contributed by atoms with Gasteiger partial charge < -0.3 is 9.72 Å². The van der Waals surface area contributed by atoms with Crippen LogP contribution in [-0.4, -0.2) is 26.0 Å². The Balaban J connectivity index is 1.31. The zero-order valence-electron chi connectivity index (χ0n) is 17.5. The monoisotopic (exact) mass is 432 g/mol. The van der Waals surface area contributed by atoms with E-state index in [1.165, 1.54) is 19.3 Å². The molecule has 1 fully saturated rings. The van der Waals surface area contributed by atoms with Gasteiger partial charge in [0, 0.05) is 23.5 Å². The summed E-state index contributed by atoms with van der Waals surface area (Å²) < 4.78 is 6.01. The molecule has 4 aromatic rings. The topological polar surface area (TPSA) is 63.7 Å². The first-order valence-electron chi connectivity index (χ1n) is 10.9. The number of nitrogens with zero attached hydrogens (tertiary/aromatic N) is 3. The zero-order chi connectivity index (χ0) is 21.2. The molecule has 1 aliphatic rings. The first kappa shape index (κ1) is 20.0. The lowest BCUT2D eigenvalue weighted by atomic mass is 9.86. The summed E-state index contributed by atoms with van der Waals surface area (Å²) in [7, 11) is 0. The molecule has 0 atom stereocenters. The quantitative estimate of drug-likeness (QED) is 0.381. The van der Waals surface area contributed by atoms with Crippen molar-refractivity contribution in [3.63, 3.8) is 0 Å². The average molecular weight is 433 g/mol. The van der Waals surface area contributed by atoms with Crippen molar-refractivity contribution in [3.8, 4) is 28.5 Å². The van der Waals surface area contributed by atoms with Crippen molar-refractivity contribution in [2.24, 2.45) is 5.92 Å². The SMILES string of the molecule is CCC1CCC(Oc2ncc(-c3ccc(-c4nc5ccccc5[nH]4)c(Cl)c3)cn2)CC1. The Morgan fingerprint density at radius 1 is 1.00 bits per heavy atom. The van der Waals surface area contributed by atoms with Crippen LogP contribution in [0.25, 0.3) is 33.5 Å². The molecule has 0 aliphatic heterocycles. The Morgan fingerprint density at radius 2 is 1.77 bits per heavy atom. The van der Waals surface area contributed by atoms with Gasteiger partial charge in [-0.3, -0.25) is 0 Å². The minimum absolute atomic E-state index is 0.228. The highest BCUT2D eigenvalue weighted by molar-refractivity contribution is 6.33.